The fourth-order valence-corrected chi connectivity index (χ4v) is 0.844. The van der Waals surface area contributed by atoms with Crippen molar-refractivity contribution in [2.75, 3.05) is 34.5 Å². The lowest BCUT2D eigenvalue weighted by atomic mass is 9.79. The molecule has 0 aromatic heterocycles. The third-order valence-corrected chi connectivity index (χ3v) is 3.22. The Morgan fingerprint density at radius 2 is 1.30 bits per heavy atom. The van der Waals surface area contributed by atoms with Crippen LogP contribution in [0.25, 0.3) is 0 Å². The molecule has 0 unspecified atom stereocenters. The van der Waals surface area contributed by atoms with Crippen molar-refractivity contribution >= 4 is 0 Å². The van der Waals surface area contributed by atoms with E-state index in [1.54, 1.807) is 21.3 Å². The first-order chi connectivity index (χ1) is 8.99. The number of methoxy groups -OCH3 is 3. The van der Waals surface area contributed by atoms with E-state index in [1.165, 1.54) is 0 Å². The molecule has 0 aromatic rings. The molecule has 0 aliphatic rings. The van der Waals surface area contributed by atoms with E-state index in [1.807, 2.05) is 0 Å². The van der Waals surface area contributed by atoms with E-state index >= 15 is 0 Å². The van der Waals surface area contributed by atoms with Gasteiger partial charge in [-0.15, -0.1) is 0 Å². The van der Waals surface area contributed by atoms with Gasteiger partial charge in [-0.25, -0.2) is 0 Å². The highest BCUT2D eigenvalue weighted by Crippen LogP contribution is 2.31. The van der Waals surface area contributed by atoms with Crippen molar-refractivity contribution in [3.8, 4) is 0 Å². The summed E-state index contributed by atoms with van der Waals surface area (Å²) in [4.78, 5) is 0. The van der Waals surface area contributed by atoms with E-state index < -0.39 is 0 Å². The van der Waals surface area contributed by atoms with Gasteiger partial charge in [0.05, 0.1) is 5.60 Å². The fourth-order valence-electron chi connectivity index (χ4n) is 0.844. The molecule has 3 nitrogen and oxygen atoms in total. The molecule has 0 aliphatic heterocycles. The van der Waals surface area contributed by atoms with Gasteiger partial charge < -0.3 is 14.2 Å². The van der Waals surface area contributed by atoms with Crippen molar-refractivity contribution in [3.63, 3.8) is 0 Å². The van der Waals surface area contributed by atoms with Crippen LogP contribution in [-0.2, 0) is 14.2 Å². The quantitative estimate of drug-likeness (QED) is 0.729. The highest BCUT2D eigenvalue weighted by molar-refractivity contribution is 4.82. The van der Waals surface area contributed by atoms with Gasteiger partial charge in [-0.2, -0.15) is 0 Å². The number of ether oxygens (including phenoxy) is 3. The second kappa shape index (κ2) is 13.8. The minimum absolute atomic E-state index is 0.0208. The van der Waals surface area contributed by atoms with Crippen molar-refractivity contribution in [2.24, 2.45) is 11.3 Å². The van der Waals surface area contributed by atoms with E-state index in [4.69, 9.17) is 14.2 Å². The van der Waals surface area contributed by atoms with Gasteiger partial charge in [0.1, 0.15) is 0 Å². The second-order valence-electron chi connectivity index (χ2n) is 6.81. The van der Waals surface area contributed by atoms with Crippen LogP contribution in [0.4, 0.5) is 0 Å². The maximum atomic E-state index is 5.30. The maximum Gasteiger partial charge on any atom is 0.0670 e. The van der Waals surface area contributed by atoms with Crippen molar-refractivity contribution in [3.05, 3.63) is 0 Å². The van der Waals surface area contributed by atoms with E-state index in [0.717, 1.165) is 19.6 Å². The van der Waals surface area contributed by atoms with Crippen molar-refractivity contribution in [1.29, 1.82) is 0 Å². The number of rotatable bonds is 5. The summed E-state index contributed by atoms with van der Waals surface area (Å²) in [5, 5.41) is 0. The summed E-state index contributed by atoms with van der Waals surface area (Å²) in [7, 11) is 5.19. The average Bonchev–Trinajstić information content (AvgIpc) is 2.30. The predicted molar refractivity (Wildman–Crippen MR) is 89.4 cm³/mol. The monoisotopic (exact) mass is 292 g/mol. The average molecular weight is 293 g/mol. The molecular formula is C17H40O3. The normalized spacial score (nSPS) is 11.4. The molecule has 0 aliphatic carbocycles. The zero-order chi connectivity index (χ0) is 16.8. The van der Waals surface area contributed by atoms with Gasteiger partial charge in [-0.1, -0.05) is 41.5 Å². The predicted octanol–water partition coefficient (Wildman–Crippen LogP) is 4.79. The van der Waals surface area contributed by atoms with E-state index in [0.29, 0.717) is 5.92 Å². The maximum absolute atomic E-state index is 5.30. The SMILES string of the molecule is CCCOC.COC(C)(C)C(C)(C)C.COCC(C)C. The molecule has 0 N–H and O–H groups in total. The largest absolute Gasteiger partial charge is 0.385 e. The molecule has 0 heterocycles. The van der Waals surface area contributed by atoms with Crippen LogP contribution in [0.15, 0.2) is 0 Å². The first kappa shape index (κ1) is 24.9. The van der Waals surface area contributed by atoms with Crippen LogP contribution in [-0.4, -0.2) is 40.1 Å². The summed E-state index contributed by atoms with van der Waals surface area (Å²) in [6.07, 6.45) is 1.12. The summed E-state index contributed by atoms with van der Waals surface area (Å²) in [5.74, 6) is 0.676. The lowest BCUT2D eigenvalue weighted by molar-refractivity contribution is -0.0620. The van der Waals surface area contributed by atoms with E-state index in [9.17, 15) is 0 Å². The van der Waals surface area contributed by atoms with E-state index in [-0.39, 0.29) is 11.0 Å². The molecule has 0 amide bonds. The molecule has 20 heavy (non-hydrogen) atoms. The molecule has 0 spiro atoms. The number of hydrogen-bond donors (Lipinski definition) is 0. The third kappa shape index (κ3) is 17.9. The molecule has 126 valence electrons. The molecule has 0 rings (SSSR count). The molecule has 0 radical (unpaired) electrons. The fraction of sp³-hybridized carbons (Fsp3) is 1.00. The summed E-state index contributed by atoms with van der Waals surface area (Å²) < 4.78 is 14.8. The van der Waals surface area contributed by atoms with Crippen LogP contribution >= 0.6 is 0 Å². The van der Waals surface area contributed by atoms with Crippen LogP contribution in [0.1, 0.15) is 61.8 Å². The first-order valence-corrected chi connectivity index (χ1v) is 7.53. The van der Waals surface area contributed by atoms with Gasteiger partial charge in [0.15, 0.2) is 0 Å². The topological polar surface area (TPSA) is 27.7 Å². The molecule has 0 bridgehead atoms. The molecule has 0 atom stereocenters. The minimum Gasteiger partial charge on any atom is -0.385 e. The summed E-state index contributed by atoms with van der Waals surface area (Å²) in [6.45, 7) is 18.8. The molecule has 0 saturated heterocycles. The molecule has 0 fully saturated rings. The molecule has 3 heteroatoms. The highest BCUT2D eigenvalue weighted by Gasteiger charge is 2.32. The third-order valence-electron chi connectivity index (χ3n) is 3.22. The Hall–Kier alpha value is -0.120. The Labute approximate surface area is 128 Å². The zero-order valence-corrected chi connectivity index (χ0v) is 15.9. The van der Waals surface area contributed by atoms with E-state index in [2.05, 4.69) is 55.4 Å². The first-order valence-electron chi connectivity index (χ1n) is 7.53. The molecule has 0 aromatic carbocycles. The van der Waals surface area contributed by atoms with Gasteiger partial charge in [0, 0.05) is 34.5 Å². The van der Waals surface area contributed by atoms with Crippen LogP contribution in [0.2, 0.25) is 0 Å². The Kier molecular flexibility index (Phi) is 17.2. The Bertz CT molecular complexity index is 179. The Balaban J connectivity index is -0.000000230. The van der Waals surface area contributed by atoms with Crippen LogP contribution in [0.3, 0.4) is 0 Å². The Morgan fingerprint density at radius 3 is 1.30 bits per heavy atom. The summed E-state index contributed by atoms with van der Waals surface area (Å²) in [5.41, 5.74) is 0.203. The molecular weight excluding hydrogens is 252 g/mol. The molecule has 0 saturated carbocycles. The highest BCUT2D eigenvalue weighted by atomic mass is 16.5. The Morgan fingerprint density at radius 1 is 0.850 bits per heavy atom. The van der Waals surface area contributed by atoms with Crippen molar-refractivity contribution in [1.82, 2.24) is 0 Å². The summed E-state index contributed by atoms with van der Waals surface area (Å²) >= 11 is 0. The number of hydrogen-bond acceptors (Lipinski definition) is 3. The lowest BCUT2D eigenvalue weighted by Gasteiger charge is -2.37. The standard InChI is InChI=1S/C8H18O.C5H12O.C4H10O/c1-7(2,3)8(4,5)9-6;1-5(2)4-6-3;1-3-4-5-2/h1-6H3;5H,4H2,1-3H3;3-4H2,1-2H3. The van der Waals surface area contributed by atoms with Crippen LogP contribution in [0.5, 0.6) is 0 Å². The van der Waals surface area contributed by atoms with Crippen molar-refractivity contribution < 1.29 is 14.2 Å². The smallest absolute Gasteiger partial charge is 0.0670 e. The second-order valence-corrected chi connectivity index (χ2v) is 6.81. The lowest BCUT2D eigenvalue weighted by Crippen LogP contribution is -2.38. The van der Waals surface area contributed by atoms with Gasteiger partial charge in [0.25, 0.3) is 0 Å². The van der Waals surface area contributed by atoms with Gasteiger partial charge in [-0.05, 0) is 31.6 Å². The minimum atomic E-state index is -0.0208. The van der Waals surface area contributed by atoms with Gasteiger partial charge in [0.2, 0.25) is 0 Å². The zero-order valence-electron chi connectivity index (χ0n) is 15.9. The van der Waals surface area contributed by atoms with Crippen LogP contribution in [0, 0.1) is 11.3 Å². The van der Waals surface area contributed by atoms with Gasteiger partial charge >= 0.3 is 0 Å². The van der Waals surface area contributed by atoms with Crippen LogP contribution < -0.4 is 0 Å². The van der Waals surface area contributed by atoms with Crippen molar-refractivity contribution in [2.45, 2.75) is 67.4 Å². The van der Waals surface area contributed by atoms with Gasteiger partial charge in [-0.3, -0.25) is 0 Å². The summed E-state index contributed by atoms with van der Waals surface area (Å²) in [6, 6.07) is 0.